The predicted octanol–water partition coefficient (Wildman–Crippen LogP) is 1.04. The number of aliphatic hydroxyl groups is 1. The van der Waals surface area contributed by atoms with Crippen molar-refractivity contribution < 1.29 is 9.90 Å². The molecule has 1 fully saturated rings. The molecule has 0 radical (unpaired) electrons. The van der Waals surface area contributed by atoms with Crippen molar-refractivity contribution in [1.29, 1.82) is 0 Å². The number of aliphatic hydroxyl groups excluding tert-OH is 1. The molecule has 18 heavy (non-hydrogen) atoms. The standard InChI is InChI=1S/C13H19N3O2/c14-10-4-6-15-12(9-10)13(18)16-7-2-1-3-11(16)5-8-17/h4,6,9,11,17H,1-3,5,7-8H2,(H2,14,15). The molecule has 1 aromatic heterocycles. The van der Waals surface area contributed by atoms with Gasteiger partial charge in [0.05, 0.1) is 0 Å². The number of anilines is 1. The molecule has 98 valence electrons. The number of likely N-dealkylation sites (tertiary alicyclic amines) is 1. The Hall–Kier alpha value is -1.62. The number of rotatable bonds is 3. The Morgan fingerprint density at radius 2 is 2.39 bits per heavy atom. The van der Waals surface area contributed by atoms with Crippen molar-refractivity contribution in [2.45, 2.75) is 31.7 Å². The highest BCUT2D eigenvalue weighted by Crippen LogP contribution is 2.21. The highest BCUT2D eigenvalue weighted by Gasteiger charge is 2.27. The van der Waals surface area contributed by atoms with E-state index >= 15 is 0 Å². The van der Waals surface area contributed by atoms with Gasteiger partial charge >= 0.3 is 0 Å². The molecule has 0 aliphatic carbocycles. The lowest BCUT2D eigenvalue weighted by atomic mass is 9.99. The Morgan fingerprint density at radius 1 is 1.56 bits per heavy atom. The van der Waals surface area contributed by atoms with Gasteiger partial charge in [-0.05, 0) is 37.8 Å². The SMILES string of the molecule is Nc1ccnc(C(=O)N2CCCCC2CCO)c1. The summed E-state index contributed by atoms with van der Waals surface area (Å²) < 4.78 is 0. The number of carbonyl (C=O) groups excluding carboxylic acids is 1. The molecule has 0 aromatic carbocycles. The van der Waals surface area contributed by atoms with E-state index in [1.165, 1.54) is 0 Å². The van der Waals surface area contributed by atoms with Gasteiger partial charge in [-0.25, -0.2) is 0 Å². The summed E-state index contributed by atoms with van der Waals surface area (Å²) in [5.41, 5.74) is 6.60. The first-order chi connectivity index (χ1) is 8.72. The number of hydrogen-bond donors (Lipinski definition) is 2. The van der Waals surface area contributed by atoms with E-state index in [4.69, 9.17) is 10.8 Å². The molecule has 1 unspecified atom stereocenters. The smallest absolute Gasteiger partial charge is 0.272 e. The predicted molar refractivity (Wildman–Crippen MR) is 69.0 cm³/mol. The van der Waals surface area contributed by atoms with Crippen molar-refractivity contribution in [3.05, 3.63) is 24.0 Å². The zero-order valence-electron chi connectivity index (χ0n) is 10.4. The summed E-state index contributed by atoms with van der Waals surface area (Å²) in [5.74, 6) is -0.0829. The van der Waals surface area contributed by atoms with Crippen molar-refractivity contribution in [3.63, 3.8) is 0 Å². The summed E-state index contributed by atoms with van der Waals surface area (Å²) in [6.07, 6.45) is 5.25. The summed E-state index contributed by atoms with van der Waals surface area (Å²) in [5, 5.41) is 9.06. The first-order valence-electron chi connectivity index (χ1n) is 6.35. The Labute approximate surface area is 107 Å². The minimum absolute atomic E-state index is 0.0829. The summed E-state index contributed by atoms with van der Waals surface area (Å²) in [4.78, 5) is 18.3. The maximum Gasteiger partial charge on any atom is 0.272 e. The third-order valence-electron chi connectivity index (χ3n) is 3.35. The molecule has 1 aliphatic heterocycles. The fraction of sp³-hybridized carbons (Fsp3) is 0.538. The number of piperidine rings is 1. The Kier molecular flexibility index (Phi) is 4.15. The molecule has 5 heteroatoms. The number of nitrogen functional groups attached to an aromatic ring is 1. The minimum Gasteiger partial charge on any atom is -0.399 e. The number of hydrogen-bond acceptors (Lipinski definition) is 4. The zero-order chi connectivity index (χ0) is 13.0. The van der Waals surface area contributed by atoms with Crippen LogP contribution in [0.3, 0.4) is 0 Å². The fourth-order valence-electron chi connectivity index (χ4n) is 2.43. The van der Waals surface area contributed by atoms with Gasteiger partial charge in [-0.3, -0.25) is 9.78 Å². The van der Waals surface area contributed by atoms with E-state index in [1.807, 2.05) is 4.90 Å². The number of nitrogens with two attached hydrogens (primary N) is 1. The Balaban J connectivity index is 2.15. The van der Waals surface area contributed by atoms with Crippen molar-refractivity contribution in [3.8, 4) is 0 Å². The zero-order valence-corrected chi connectivity index (χ0v) is 10.4. The molecule has 0 spiro atoms. The largest absolute Gasteiger partial charge is 0.399 e. The summed E-state index contributed by atoms with van der Waals surface area (Å²) >= 11 is 0. The quantitative estimate of drug-likeness (QED) is 0.839. The number of amides is 1. The third kappa shape index (κ3) is 2.79. The van der Waals surface area contributed by atoms with Crippen LogP contribution in [-0.4, -0.2) is 40.1 Å². The monoisotopic (exact) mass is 249 g/mol. The van der Waals surface area contributed by atoms with E-state index in [2.05, 4.69) is 4.98 Å². The van der Waals surface area contributed by atoms with E-state index < -0.39 is 0 Å². The molecular formula is C13H19N3O2. The Morgan fingerprint density at radius 3 is 3.11 bits per heavy atom. The second kappa shape index (κ2) is 5.82. The third-order valence-corrected chi connectivity index (χ3v) is 3.35. The number of pyridine rings is 1. The molecule has 0 bridgehead atoms. The average molecular weight is 249 g/mol. The number of aromatic nitrogens is 1. The lowest BCUT2D eigenvalue weighted by Crippen LogP contribution is -2.44. The van der Waals surface area contributed by atoms with Gasteiger partial charge < -0.3 is 15.7 Å². The molecule has 5 nitrogen and oxygen atoms in total. The van der Waals surface area contributed by atoms with E-state index in [1.54, 1.807) is 18.3 Å². The molecule has 1 saturated heterocycles. The van der Waals surface area contributed by atoms with Crippen molar-refractivity contribution in [2.24, 2.45) is 0 Å². The molecule has 3 N–H and O–H groups in total. The maximum absolute atomic E-state index is 12.4. The van der Waals surface area contributed by atoms with Crippen LogP contribution in [0.1, 0.15) is 36.2 Å². The fourth-order valence-corrected chi connectivity index (χ4v) is 2.43. The van der Waals surface area contributed by atoms with Gasteiger partial charge in [-0.1, -0.05) is 0 Å². The molecule has 2 rings (SSSR count). The second-order valence-corrected chi connectivity index (χ2v) is 4.63. The van der Waals surface area contributed by atoms with Gasteiger partial charge in [0, 0.05) is 31.1 Å². The normalized spacial score (nSPS) is 19.8. The van der Waals surface area contributed by atoms with Crippen LogP contribution in [0.5, 0.6) is 0 Å². The summed E-state index contributed by atoms with van der Waals surface area (Å²) in [6, 6.07) is 3.39. The lowest BCUT2D eigenvalue weighted by Gasteiger charge is -2.35. The van der Waals surface area contributed by atoms with Gasteiger partial charge in [-0.2, -0.15) is 0 Å². The maximum atomic E-state index is 12.4. The average Bonchev–Trinajstić information content (AvgIpc) is 2.39. The van der Waals surface area contributed by atoms with E-state index in [0.29, 0.717) is 17.8 Å². The molecule has 1 aliphatic rings. The number of nitrogens with zero attached hydrogens (tertiary/aromatic N) is 2. The molecule has 1 aromatic rings. The van der Waals surface area contributed by atoms with Crippen LogP contribution in [0.2, 0.25) is 0 Å². The van der Waals surface area contributed by atoms with Gasteiger partial charge in [0.2, 0.25) is 0 Å². The van der Waals surface area contributed by atoms with Crippen molar-refractivity contribution in [2.75, 3.05) is 18.9 Å². The number of carbonyl (C=O) groups is 1. The molecule has 1 atom stereocenters. The van der Waals surface area contributed by atoms with E-state index in [0.717, 1.165) is 25.8 Å². The first-order valence-corrected chi connectivity index (χ1v) is 6.35. The summed E-state index contributed by atoms with van der Waals surface area (Å²) in [6.45, 7) is 0.846. The van der Waals surface area contributed by atoms with Crippen LogP contribution in [0.15, 0.2) is 18.3 Å². The first kappa shape index (κ1) is 12.8. The van der Waals surface area contributed by atoms with E-state index in [-0.39, 0.29) is 18.6 Å². The highest BCUT2D eigenvalue weighted by molar-refractivity contribution is 5.93. The van der Waals surface area contributed by atoms with Crippen LogP contribution in [0.25, 0.3) is 0 Å². The van der Waals surface area contributed by atoms with Crippen molar-refractivity contribution >= 4 is 11.6 Å². The van der Waals surface area contributed by atoms with E-state index in [9.17, 15) is 4.79 Å². The molecule has 1 amide bonds. The van der Waals surface area contributed by atoms with Gasteiger partial charge in [0.1, 0.15) is 5.69 Å². The second-order valence-electron chi connectivity index (χ2n) is 4.63. The van der Waals surface area contributed by atoms with Crippen LogP contribution in [-0.2, 0) is 0 Å². The summed E-state index contributed by atoms with van der Waals surface area (Å²) in [7, 11) is 0. The van der Waals surface area contributed by atoms with Crippen LogP contribution in [0, 0.1) is 0 Å². The highest BCUT2D eigenvalue weighted by atomic mass is 16.3. The molecule has 2 heterocycles. The van der Waals surface area contributed by atoms with Crippen LogP contribution in [0.4, 0.5) is 5.69 Å². The van der Waals surface area contributed by atoms with Gasteiger partial charge in [0.15, 0.2) is 0 Å². The van der Waals surface area contributed by atoms with Crippen molar-refractivity contribution in [1.82, 2.24) is 9.88 Å². The van der Waals surface area contributed by atoms with Crippen LogP contribution >= 0.6 is 0 Å². The van der Waals surface area contributed by atoms with Gasteiger partial charge in [-0.15, -0.1) is 0 Å². The topological polar surface area (TPSA) is 79.5 Å². The molecular weight excluding hydrogens is 230 g/mol. The molecule has 0 saturated carbocycles. The minimum atomic E-state index is -0.0829. The lowest BCUT2D eigenvalue weighted by molar-refractivity contribution is 0.0568. The van der Waals surface area contributed by atoms with Gasteiger partial charge in [0.25, 0.3) is 5.91 Å². The Bertz CT molecular complexity index is 420. The van der Waals surface area contributed by atoms with Crippen LogP contribution < -0.4 is 5.73 Å².